The topological polar surface area (TPSA) is 60.6 Å². The summed E-state index contributed by atoms with van der Waals surface area (Å²) < 4.78 is 35.4. The summed E-state index contributed by atoms with van der Waals surface area (Å²) in [5, 5.41) is 0. The number of hydrogen-bond donors (Lipinski definition) is 1. The molecule has 2 aliphatic rings. The molecule has 0 spiro atoms. The summed E-state index contributed by atoms with van der Waals surface area (Å²) in [7, 11) is -2.12. The molecule has 1 N–H and O–H groups in total. The molecule has 2 aromatic rings. The van der Waals surface area contributed by atoms with Crippen LogP contribution in [-0.2, 0) is 20.9 Å². The van der Waals surface area contributed by atoms with Crippen molar-refractivity contribution in [3.05, 3.63) is 83.1 Å². The number of para-hydroxylation sites is 1. The van der Waals surface area contributed by atoms with Crippen molar-refractivity contribution in [2.24, 2.45) is 0 Å². The zero-order valence-corrected chi connectivity index (χ0v) is 20.4. The second-order valence-electron chi connectivity index (χ2n) is 9.78. The van der Waals surface area contributed by atoms with Gasteiger partial charge in [-0.25, -0.2) is 0 Å². The van der Waals surface area contributed by atoms with E-state index in [-0.39, 0.29) is 5.41 Å². The van der Waals surface area contributed by atoms with Crippen molar-refractivity contribution in [1.82, 2.24) is 0 Å². The lowest BCUT2D eigenvalue weighted by Gasteiger charge is -2.25. The van der Waals surface area contributed by atoms with Crippen LogP contribution < -0.4 is 4.90 Å². The van der Waals surface area contributed by atoms with E-state index in [1.807, 2.05) is 36.4 Å². The highest BCUT2D eigenvalue weighted by Gasteiger charge is 2.43. The summed E-state index contributed by atoms with van der Waals surface area (Å²) in [6.07, 6.45) is 6.07. The third kappa shape index (κ3) is 3.61. The summed E-state index contributed by atoms with van der Waals surface area (Å²) in [5.41, 5.74) is 7.05. The molecular weight excluding hydrogens is 420 g/mol. The van der Waals surface area contributed by atoms with Gasteiger partial charge in [0.2, 0.25) is 5.69 Å². The Morgan fingerprint density at radius 2 is 1.72 bits per heavy atom. The van der Waals surface area contributed by atoms with Crippen molar-refractivity contribution in [1.29, 1.82) is 0 Å². The van der Waals surface area contributed by atoms with E-state index in [9.17, 15) is 13.0 Å². The van der Waals surface area contributed by atoms with Gasteiger partial charge in [-0.1, -0.05) is 49.8 Å². The standard InChI is InChI=1S/C26H30N2O3S/c1-18-14-15-21-20(16-18)26(4,5)23(27(21)6)12-9-13-24-25(2,3)19-10-7-8-11-22(19)28(24)17-32(29,30)31/h7-16H,17H2,1-6H3/p+1. The van der Waals surface area contributed by atoms with Crippen LogP contribution in [0, 0.1) is 6.92 Å². The Labute approximate surface area is 191 Å². The normalized spacial score (nSPS) is 20.3. The number of rotatable bonds is 4. The van der Waals surface area contributed by atoms with Crippen LogP contribution in [0.15, 0.2) is 66.4 Å². The smallest absolute Gasteiger partial charge is 0.283 e. The first-order valence-corrected chi connectivity index (χ1v) is 12.4. The molecule has 0 aromatic heterocycles. The predicted octanol–water partition coefficient (Wildman–Crippen LogP) is 5.08. The van der Waals surface area contributed by atoms with Gasteiger partial charge >= 0.3 is 0 Å². The van der Waals surface area contributed by atoms with Gasteiger partial charge in [-0.15, -0.1) is 0 Å². The van der Waals surface area contributed by atoms with E-state index < -0.39 is 21.4 Å². The largest absolute Gasteiger partial charge is 0.327 e. The van der Waals surface area contributed by atoms with E-state index in [1.165, 1.54) is 22.5 Å². The molecule has 0 amide bonds. The van der Waals surface area contributed by atoms with Crippen molar-refractivity contribution in [3.63, 3.8) is 0 Å². The van der Waals surface area contributed by atoms with Crippen LogP contribution in [0.25, 0.3) is 0 Å². The minimum atomic E-state index is -4.19. The van der Waals surface area contributed by atoms with Crippen LogP contribution in [0.4, 0.5) is 11.4 Å². The number of hydrogen-bond acceptors (Lipinski definition) is 3. The predicted molar refractivity (Wildman–Crippen MR) is 131 cm³/mol. The van der Waals surface area contributed by atoms with Gasteiger partial charge in [0.05, 0.1) is 5.41 Å². The Hall–Kier alpha value is -2.70. The third-order valence-corrected chi connectivity index (χ3v) is 7.37. The fourth-order valence-electron chi connectivity index (χ4n) is 5.12. The maximum absolute atomic E-state index is 11.8. The monoisotopic (exact) mass is 451 g/mol. The molecule has 0 saturated carbocycles. The highest BCUT2D eigenvalue weighted by atomic mass is 32.2. The molecular formula is C26H31N2O3S+. The second kappa shape index (κ2) is 7.42. The van der Waals surface area contributed by atoms with Crippen LogP contribution >= 0.6 is 0 Å². The molecule has 32 heavy (non-hydrogen) atoms. The van der Waals surface area contributed by atoms with E-state index in [4.69, 9.17) is 0 Å². The highest BCUT2D eigenvalue weighted by Crippen LogP contribution is 2.47. The van der Waals surface area contributed by atoms with Gasteiger partial charge in [-0.05, 0) is 44.5 Å². The van der Waals surface area contributed by atoms with Gasteiger partial charge < -0.3 is 4.90 Å². The maximum atomic E-state index is 11.8. The molecule has 2 heterocycles. The molecule has 0 saturated heterocycles. The van der Waals surface area contributed by atoms with Crippen molar-refractivity contribution in [3.8, 4) is 0 Å². The van der Waals surface area contributed by atoms with Gasteiger partial charge in [-0.3, -0.25) is 4.55 Å². The van der Waals surface area contributed by atoms with Crippen molar-refractivity contribution >= 4 is 27.2 Å². The zero-order valence-electron chi connectivity index (χ0n) is 19.5. The Morgan fingerprint density at radius 1 is 1.03 bits per heavy atom. The number of aryl methyl sites for hydroxylation is 1. The number of fused-ring (bicyclic) bond motifs is 2. The molecule has 0 bridgehead atoms. The summed E-state index contributed by atoms with van der Waals surface area (Å²) in [6, 6.07) is 14.3. The molecule has 0 aliphatic carbocycles. The van der Waals surface area contributed by atoms with Crippen molar-refractivity contribution in [2.75, 3.05) is 17.8 Å². The second-order valence-corrected chi connectivity index (χ2v) is 11.2. The summed E-state index contributed by atoms with van der Waals surface area (Å²) in [6.45, 7) is 10.7. The van der Waals surface area contributed by atoms with Crippen LogP contribution in [-0.4, -0.2) is 36.2 Å². The van der Waals surface area contributed by atoms with Gasteiger partial charge in [0.15, 0.2) is 11.6 Å². The van der Waals surface area contributed by atoms with Crippen LogP contribution in [0.2, 0.25) is 0 Å². The number of anilines is 1. The lowest BCUT2D eigenvalue weighted by Crippen LogP contribution is -2.30. The van der Waals surface area contributed by atoms with Gasteiger partial charge in [0.25, 0.3) is 10.1 Å². The Bertz CT molecular complexity index is 1300. The van der Waals surface area contributed by atoms with Crippen molar-refractivity contribution < 1.29 is 17.5 Å². The summed E-state index contributed by atoms with van der Waals surface area (Å²) in [4.78, 5) is 1.70. The number of benzene rings is 2. The molecule has 0 unspecified atom stereocenters. The zero-order chi connectivity index (χ0) is 23.5. The fraction of sp³-hybridized carbons (Fsp3) is 0.346. The first-order chi connectivity index (χ1) is 14.8. The molecule has 0 radical (unpaired) electrons. The average molecular weight is 452 g/mol. The lowest BCUT2D eigenvalue weighted by atomic mass is 9.80. The van der Waals surface area contributed by atoms with E-state index in [2.05, 4.69) is 70.5 Å². The molecule has 2 aliphatic heterocycles. The minimum Gasteiger partial charge on any atom is -0.327 e. The Morgan fingerprint density at radius 3 is 2.41 bits per heavy atom. The van der Waals surface area contributed by atoms with Crippen molar-refractivity contribution in [2.45, 2.75) is 45.4 Å². The minimum absolute atomic E-state index is 0.145. The quantitative estimate of drug-likeness (QED) is 0.520. The van der Waals surface area contributed by atoms with Gasteiger partial charge in [0, 0.05) is 34.5 Å². The van der Waals surface area contributed by atoms with Crippen LogP contribution in [0.3, 0.4) is 0 Å². The molecule has 5 nitrogen and oxygen atoms in total. The number of nitrogens with zero attached hydrogens (tertiary/aromatic N) is 2. The first-order valence-electron chi connectivity index (χ1n) is 10.8. The van der Waals surface area contributed by atoms with Crippen LogP contribution in [0.5, 0.6) is 0 Å². The van der Waals surface area contributed by atoms with Gasteiger partial charge in [-0.2, -0.15) is 13.0 Å². The summed E-state index contributed by atoms with van der Waals surface area (Å²) >= 11 is 0. The summed E-state index contributed by atoms with van der Waals surface area (Å²) in [5.74, 6) is -0.472. The average Bonchev–Trinajstić information content (AvgIpc) is 3.01. The molecule has 0 fully saturated rings. The fourth-order valence-corrected chi connectivity index (χ4v) is 5.73. The molecule has 6 heteroatoms. The molecule has 168 valence electrons. The SMILES string of the molecule is Cc1ccc2c(c1)C(C)(C)C(C=CC=C1N(CS(=O)(=O)O)c3ccccc3C1(C)C)=[N+]2C. The van der Waals surface area contributed by atoms with Crippen LogP contribution in [0.1, 0.15) is 44.4 Å². The van der Waals surface area contributed by atoms with E-state index in [1.54, 1.807) is 4.90 Å². The van der Waals surface area contributed by atoms with E-state index in [0.29, 0.717) is 0 Å². The number of allylic oxidation sites excluding steroid dienone is 4. The van der Waals surface area contributed by atoms with E-state index in [0.717, 1.165) is 16.9 Å². The first kappa shape index (κ1) is 22.5. The highest BCUT2D eigenvalue weighted by molar-refractivity contribution is 7.85. The Kier molecular flexibility index (Phi) is 5.22. The molecule has 4 rings (SSSR count). The Balaban J connectivity index is 1.76. The van der Waals surface area contributed by atoms with Gasteiger partial charge in [0.1, 0.15) is 7.05 Å². The molecule has 0 atom stereocenters. The van der Waals surface area contributed by atoms with E-state index >= 15 is 0 Å². The lowest BCUT2D eigenvalue weighted by molar-refractivity contribution is -0.401. The maximum Gasteiger partial charge on any atom is 0.283 e. The third-order valence-electron chi connectivity index (χ3n) is 6.79. The molecule has 2 aromatic carbocycles.